The third-order valence-corrected chi connectivity index (χ3v) is 4.00. The molecule has 0 spiro atoms. The third kappa shape index (κ3) is 3.27. The summed E-state index contributed by atoms with van der Waals surface area (Å²) < 4.78 is 16.8. The quantitative estimate of drug-likeness (QED) is 0.733. The van der Waals surface area contributed by atoms with Crippen LogP contribution in [0.2, 0.25) is 0 Å². The van der Waals surface area contributed by atoms with Crippen molar-refractivity contribution in [2.45, 2.75) is 20.4 Å². The molecular weight excluding hydrogens is 330 g/mol. The Balaban J connectivity index is 1.96. The van der Waals surface area contributed by atoms with Crippen molar-refractivity contribution in [3.63, 3.8) is 0 Å². The zero-order valence-corrected chi connectivity index (χ0v) is 14.1. The average molecular weight is 349 g/mol. The minimum atomic E-state index is -0.644. The van der Waals surface area contributed by atoms with Crippen molar-refractivity contribution in [2.75, 3.05) is 32.9 Å². The Labute approximate surface area is 143 Å². The van der Waals surface area contributed by atoms with E-state index in [2.05, 4.69) is 4.98 Å². The number of aromatic nitrogens is 2. The molecule has 0 radical (unpaired) electrons. The Morgan fingerprint density at radius 2 is 2.04 bits per heavy atom. The van der Waals surface area contributed by atoms with E-state index in [0.29, 0.717) is 26.3 Å². The highest BCUT2D eigenvalue weighted by atomic mass is 16.5. The number of furan rings is 1. The van der Waals surface area contributed by atoms with Gasteiger partial charge in [0.2, 0.25) is 11.6 Å². The lowest BCUT2D eigenvalue weighted by Crippen LogP contribution is -2.43. The molecule has 3 rings (SSSR count). The van der Waals surface area contributed by atoms with Crippen molar-refractivity contribution in [1.29, 1.82) is 0 Å². The number of fused-ring (bicyclic) bond motifs is 1. The minimum Gasteiger partial charge on any atom is -0.462 e. The largest absolute Gasteiger partial charge is 0.462 e. The molecule has 2 aromatic rings. The van der Waals surface area contributed by atoms with Gasteiger partial charge in [0.15, 0.2) is 0 Å². The maximum absolute atomic E-state index is 12.7. The molecule has 1 amide bonds. The van der Waals surface area contributed by atoms with Crippen molar-refractivity contribution in [2.24, 2.45) is 0 Å². The number of esters is 1. The predicted octanol–water partition coefficient (Wildman–Crippen LogP) is 0.333. The molecule has 0 aromatic carbocycles. The van der Waals surface area contributed by atoms with Gasteiger partial charge in [-0.2, -0.15) is 0 Å². The van der Waals surface area contributed by atoms with Crippen LogP contribution in [-0.2, 0) is 20.8 Å². The summed E-state index contributed by atoms with van der Waals surface area (Å²) in [7, 11) is 0. The van der Waals surface area contributed by atoms with Crippen molar-refractivity contribution < 1.29 is 23.5 Å². The van der Waals surface area contributed by atoms with Gasteiger partial charge in [-0.05, 0) is 13.8 Å². The molecular formula is C16H19N3O6. The Morgan fingerprint density at radius 1 is 1.32 bits per heavy atom. The van der Waals surface area contributed by atoms with Gasteiger partial charge >= 0.3 is 5.97 Å². The van der Waals surface area contributed by atoms with E-state index in [9.17, 15) is 14.4 Å². The van der Waals surface area contributed by atoms with E-state index in [1.807, 2.05) is 0 Å². The number of ether oxygens (including phenoxy) is 2. The van der Waals surface area contributed by atoms with E-state index in [1.54, 1.807) is 18.7 Å². The third-order valence-electron chi connectivity index (χ3n) is 4.00. The maximum Gasteiger partial charge on any atom is 0.342 e. The first-order valence-corrected chi connectivity index (χ1v) is 8.04. The molecule has 0 aliphatic carbocycles. The summed E-state index contributed by atoms with van der Waals surface area (Å²) in [4.78, 5) is 42.9. The maximum atomic E-state index is 12.7. The van der Waals surface area contributed by atoms with Gasteiger partial charge in [-0.1, -0.05) is 0 Å². The van der Waals surface area contributed by atoms with Crippen LogP contribution in [-0.4, -0.2) is 59.2 Å². The monoisotopic (exact) mass is 349 g/mol. The summed E-state index contributed by atoms with van der Waals surface area (Å²) in [5.74, 6) is -0.588. The molecule has 0 N–H and O–H groups in total. The summed E-state index contributed by atoms with van der Waals surface area (Å²) in [6.45, 7) is 5.19. The van der Waals surface area contributed by atoms with E-state index in [4.69, 9.17) is 13.9 Å². The molecule has 3 heterocycles. The zero-order chi connectivity index (χ0) is 18.0. The van der Waals surface area contributed by atoms with Crippen molar-refractivity contribution in [3.05, 3.63) is 28.0 Å². The lowest BCUT2D eigenvalue weighted by Gasteiger charge is -2.26. The van der Waals surface area contributed by atoms with E-state index >= 15 is 0 Å². The SMILES string of the molecule is CCOC(=O)c1c(C)oc2ncn(CC(=O)N3CCOCC3)c(=O)c12. The molecule has 0 atom stereocenters. The second-order valence-corrected chi connectivity index (χ2v) is 5.60. The molecule has 25 heavy (non-hydrogen) atoms. The van der Waals surface area contributed by atoms with Gasteiger partial charge in [0, 0.05) is 13.1 Å². The van der Waals surface area contributed by atoms with E-state index in [-0.39, 0.29) is 41.5 Å². The number of amides is 1. The Kier molecular flexibility index (Phi) is 4.84. The lowest BCUT2D eigenvalue weighted by atomic mass is 10.2. The first-order valence-electron chi connectivity index (χ1n) is 8.04. The van der Waals surface area contributed by atoms with Crippen LogP contribution >= 0.6 is 0 Å². The number of aryl methyl sites for hydroxylation is 1. The molecule has 2 aromatic heterocycles. The van der Waals surface area contributed by atoms with Crippen molar-refractivity contribution >= 4 is 23.0 Å². The number of rotatable bonds is 4. The van der Waals surface area contributed by atoms with Crippen LogP contribution in [0.15, 0.2) is 15.5 Å². The second kappa shape index (κ2) is 7.06. The normalized spacial score (nSPS) is 14.7. The Bertz CT molecular complexity index is 863. The van der Waals surface area contributed by atoms with Crippen LogP contribution in [0.1, 0.15) is 23.0 Å². The van der Waals surface area contributed by atoms with Gasteiger partial charge in [-0.3, -0.25) is 14.2 Å². The molecule has 0 bridgehead atoms. The van der Waals surface area contributed by atoms with Crippen LogP contribution < -0.4 is 5.56 Å². The topological polar surface area (TPSA) is 104 Å². The van der Waals surface area contributed by atoms with Gasteiger partial charge in [0.1, 0.15) is 29.6 Å². The first-order chi connectivity index (χ1) is 12.0. The number of nitrogens with zero attached hydrogens (tertiary/aromatic N) is 3. The summed E-state index contributed by atoms with van der Waals surface area (Å²) in [5, 5.41) is 0.0354. The highest BCUT2D eigenvalue weighted by Crippen LogP contribution is 2.21. The van der Waals surface area contributed by atoms with Gasteiger partial charge in [0.05, 0.1) is 19.8 Å². The second-order valence-electron chi connectivity index (χ2n) is 5.60. The van der Waals surface area contributed by atoms with Gasteiger partial charge in [-0.25, -0.2) is 9.78 Å². The van der Waals surface area contributed by atoms with E-state index in [1.165, 1.54) is 10.9 Å². The van der Waals surface area contributed by atoms with Gasteiger partial charge in [0.25, 0.3) is 5.56 Å². The smallest absolute Gasteiger partial charge is 0.342 e. The van der Waals surface area contributed by atoms with E-state index < -0.39 is 11.5 Å². The minimum absolute atomic E-state index is 0.0354. The Hall–Kier alpha value is -2.68. The van der Waals surface area contributed by atoms with Crippen molar-refractivity contribution in [3.8, 4) is 0 Å². The molecule has 1 saturated heterocycles. The van der Waals surface area contributed by atoms with Crippen LogP contribution in [0.25, 0.3) is 11.1 Å². The summed E-state index contributed by atoms with van der Waals surface area (Å²) in [5.41, 5.74) is -0.394. The number of hydrogen-bond donors (Lipinski definition) is 0. The Morgan fingerprint density at radius 3 is 2.72 bits per heavy atom. The molecule has 134 valence electrons. The number of carbonyl (C=O) groups is 2. The van der Waals surface area contributed by atoms with Gasteiger partial charge in [-0.15, -0.1) is 0 Å². The summed E-state index contributed by atoms with van der Waals surface area (Å²) in [6.07, 6.45) is 1.25. The van der Waals surface area contributed by atoms with E-state index in [0.717, 1.165) is 0 Å². The number of hydrogen-bond acceptors (Lipinski definition) is 7. The number of morpholine rings is 1. The fourth-order valence-corrected chi connectivity index (χ4v) is 2.76. The molecule has 9 nitrogen and oxygen atoms in total. The van der Waals surface area contributed by atoms with Crippen LogP contribution in [0, 0.1) is 6.92 Å². The summed E-state index contributed by atoms with van der Waals surface area (Å²) >= 11 is 0. The molecule has 1 fully saturated rings. The van der Waals surface area contributed by atoms with Crippen LogP contribution in [0.4, 0.5) is 0 Å². The van der Waals surface area contributed by atoms with Crippen LogP contribution in [0.3, 0.4) is 0 Å². The predicted molar refractivity (Wildman–Crippen MR) is 86.4 cm³/mol. The molecule has 0 saturated carbocycles. The first kappa shape index (κ1) is 17.2. The highest BCUT2D eigenvalue weighted by molar-refractivity contribution is 6.03. The molecule has 0 unspecified atom stereocenters. The van der Waals surface area contributed by atoms with Gasteiger partial charge < -0.3 is 18.8 Å². The standard InChI is InChI=1S/C16H19N3O6/c1-3-24-16(22)12-10(2)25-14-13(12)15(21)19(9-17-14)8-11(20)18-4-6-23-7-5-18/h9H,3-8H2,1-2H3. The van der Waals surface area contributed by atoms with Crippen LogP contribution in [0.5, 0.6) is 0 Å². The lowest BCUT2D eigenvalue weighted by molar-refractivity contribution is -0.135. The fraction of sp³-hybridized carbons (Fsp3) is 0.500. The summed E-state index contributed by atoms with van der Waals surface area (Å²) in [6, 6.07) is 0. The molecule has 1 aliphatic rings. The molecule has 9 heteroatoms. The molecule has 1 aliphatic heterocycles. The van der Waals surface area contributed by atoms with Crippen molar-refractivity contribution in [1.82, 2.24) is 14.5 Å². The number of carbonyl (C=O) groups excluding carboxylic acids is 2. The highest BCUT2D eigenvalue weighted by Gasteiger charge is 2.25. The average Bonchev–Trinajstić information content (AvgIpc) is 2.95. The zero-order valence-electron chi connectivity index (χ0n) is 14.1. The fourth-order valence-electron chi connectivity index (χ4n) is 2.76.